The lowest BCUT2D eigenvalue weighted by Crippen LogP contribution is -2.49. The molecule has 2 saturated carbocycles. The number of carbonyl (C=O) groups excluding carboxylic acids is 2. The molecule has 0 spiro atoms. The number of ether oxygens (including phenoxy) is 2. The number of piperazine rings is 2. The number of halogens is 3. The second kappa shape index (κ2) is 24.9. The molecule has 0 bridgehead atoms. The number of hydrogen-bond acceptors (Lipinski definition) is 14. The molecule has 6 heterocycles. The summed E-state index contributed by atoms with van der Waals surface area (Å²) in [4.78, 5) is 54.9. The average Bonchev–Trinajstić information content (AvgIpc) is 4.26. The third kappa shape index (κ3) is 12.4. The summed E-state index contributed by atoms with van der Waals surface area (Å²) in [5.41, 5.74) is 10.5. The minimum absolute atomic E-state index is 0.0409. The van der Waals surface area contributed by atoms with E-state index in [2.05, 4.69) is 79.7 Å². The monoisotopic (exact) mass is 1080 g/mol. The molecule has 416 valence electrons. The van der Waals surface area contributed by atoms with E-state index in [0.717, 1.165) is 138 Å². The lowest BCUT2D eigenvalue weighted by atomic mass is 10.2. The Morgan fingerprint density at radius 2 is 1.08 bits per heavy atom. The van der Waals surface area contributed by atoms with E-state index in [1.165, 1.54) is 22.2 Å². The van der Waals surface area contributed by atoms with Gasteiger partial charge in [0, 0.05) is 141 Å². The molecule has 0 radical (unpaired) electrons. The Bertz CT molecular complexity index is 3010. The van der Waals surface area contributed by atoms with Gasteiger partial charge in [0.15, 0.2) is 11.6 Å². The Hall–Kier alpha value is -6.51. The molecule has 2 saturated heterocycles. The highest BCUT2D eigenvalue weighted by molar-refractivity contribution is 6.28. The molecule has 18 nitrogen and oxygen atoms in total. The predicted octanol–water partition coefficient (Wildman–Crippen LogP) is 9.52. The van der Waals surface area contributed by atoms with E-state index in [9.17, 15) is 14.0 Å². The van der Waals surface area contributed by atoms with Crippen LogP contribution in [0.4, 0.5) is 37.5 Å². The molecule has 4 aromatic heterocycles. The molecule has 0 atom stereocenters. The van der Waals surface area contributed by atoms with Crippen molar-refractivity contribution in [2.75, 3.05) is 116 Å². The number of fused-ring (bicyclic) bond motifs is 2. The zero-order chi connectivity index (χ0) is 55.2. The van der Waals surface area contributed by atoms with Gasteiger partial charge in [0.2, 0.25) is 11.2 Å². The predicted molar refractivity (Wildman–Crippen MR) is 303 cm³/mol. The largest absolute Gasteiger partial charge is 0.495 e. The van der Waals surface area contributed by atoms with Gasteiger partial charge in [0.25, 0.3) is 11.8 Å². The van der Waals surface area contributed by atoms with Crippen molar-refractivity contribution in [1.29, 1.82) is 0 Å². The number of nitrogens with two attached hydrogens (primary N) is 1. The SMILES string of the molecule is CN(C)C(=O)c1c(F)c2cnc(Cl)nc2n1C1CCCC1.COc1cc(N)ccc1N1CCN(C(C)C)CC1.COc1cc(Nc2ncc3c(F)c(C(=O)N(C)C)n(C4CCCC4)c3n2)ccc1N1CCN(C(C)C)CC1. The Balaban J connectivity index is 0.000000169. The van der Waals surface area contributed by atoms with E-state index >= 15 is 4.39 Å². The van der Waals surface area contributed by atoms with Gasteiger partial charge in [-0.2, -0.15) is 9.97 Å². The van der Waals surface area contributed by atoms with Crippen LogP contribution in [0, 0.1) is 11.6 Å². The van der Waals surface area contributed by atoms with Gasteiger partial charge < -0.3 is 49.3 Å². The van der Waals surface area contributed by atoms with Gasteiger partial charge >= 0.3 is 0 Å². The van der Waals surface area contributed by atoms with Crippen molar-refractivity contribution < 1.29 is 27.8 Å². The quantitative estimate of drug-likeness (QED) is 0.0877. The normalized spacial score (nSPS) is 16.7. The first-order valence-electron chi connectivity index (χ1n) is 27.0. The van der Waals surface area contributed by atoms with Crippen LogP contribution in [0.25, 0.3) is 22.1 Å². The lowest BCUT2D eigenvalue weighted by molar-refractivity contribution is 0.0803. The smallest absolute Gasteiger partial charge is 0.273 e. The van der Waals surface area contributed by atoms with Gasteiger partial charge in [-0.05, 0) is 89.2 Å². The molecule has 6 aromatic rings. The van der Waals surface area contributed by atoms with Gasteiger partial charge in [-0.3, -0.25) is 19.4 Å². The minimum Gasteiger partial charge on any atom is -0.495 e. The van der Waals surface area contributed by atoms with Crippen molar-refractivity contribution in [3.63, 3.8) is 0 Å². The minimum atomic E-state index is -0.563. The summed E-state index contributed by atoms with van der Waals surface area (Å²) in [6, 6.07) is 13.2. The molecule has 10 rings (SSSR count). The van der Waals surface area contributed by atoms with E-state index in [0.29, 0.717) is 29.3 Å². The van der Waals surface area contributed by atoms with Crippen LogP contribution in [-0.2, 0) is 0 Å². The summed E-state index contributed by atoms with van der Waals surface area (Å²) >= 11 is 5.85. The second-order valence-corrected chi connectivity index (χ2v) is 21.7. The highest BCUT2D eigenvalue weighted by Gasteiger charge is 2.33. The van der Waals surface area contributed by atoms with Crippen molar-refractivity contribution in [2.24, 2.45) is 0 Å². The van der Waals surface area contributed by atoms with Crippen LogP contribution >= 0.6 is 11.6 Å². The maximum Gasteiger partial charge on any atom is 0.273 e. The number of carbonyl (C=O) groups is 2. The summed E-state index contributed by atoms with van der Waals surface area (Å²) in [6.45, 7) is 17.2. The molecule has 21 heteroatoms. The van der Waals surface area contributed by atoms with Crippen LogP contribution < -0.4 is 30.3 Å². The van der Waals surface area contributed by atoms with Crippen LogP contribution in [0.5, 0.6) is 11.5 Å². The topological polar surface area (TPSA) is 172 Å². The molecule has 0 unspecified atom stereocenters. The van der Waals surface area contributed by atoms with Crippen LogP contribution in [0.3, 0.4) is 0 Å². The second-order valence-electron chi connectivity index (χ2n) is 21.3. The van der Waals surface area contributed by atoms with Gasteiger partial charge in [0.05, 0.1) is 36.4 Å². The molecule has 2 aliphatic heterocycles. The van der Waals surface area contributed by atoms with Crippen molar-refractivity contribution >= 4 is 74.2 Å². The number of nitrogens with zero attached hydrogens (tertiary/aromatic N) is 12. The lowest BCUT2D eigenvalue weighted by Gasteiger charge is -2.38. The number of rotatable bonds is 12. The van der Waals surface area contributed by atoms with Crippen LogP contribution in [-0.4, -0.2) is 167 Å². The first-order chi connectivity index (χ1) is 36.9. The molecule has 2 aliphatic carbocycles. The number of nitrogen functional groups attached to an aromatic ring is 1. The first kappa shape index (κ1) is 56.7. The number of hydrogen-bond donors (Lipinski definition) is 2. The molecular formula is C56H77ClF2N14O4. The molecule has 77 heavy (non-hydrogen) atoms. The van der Waals surface area contributed by atoms with Gasteiger partial charge in [-0.15, -0.1) is 0 Å². The molecule has 3 N–H and O–H groups in total. The van der Waals surface area contributed by atoms with Gasteiger partial charge in [-0.25, -0.2) is 18.7 Å². The standard InChI is InChI=1S/C28H38FN7O2.C14H16ClFN4O.C14H23N3O/c1-18(2)34-12-14-35(15-13-34)22-11-10-19(16-23(22)38-5)31-28-30-17-21-24(29)25(27(37)33(3)4)36(26(21)32-28)20-8-6-7-9-20;1-19(2)13(21)11-10(16)9-7-17-14(15)18-12(9)20(11)8-5-3-4-6-8;1-11(2)16-6-8-17(9-7-16)13-5-4-12(15)10-14(13)18-3/h10-11,16-18,20H,6-9,12-15H2,1-5H3,(H,30,31,32);7-8H,3-6H2,1-2H3;4-5,10-11H,6-9,15H2,1-3H3. The van der Waals surface area contributed by atoms with Crippen LogP contribution in [0.15, 0.2) is 48.8 Å². The third-order valence-electron chi connectivity index (χ3n) is 15.3. The fraction of sp³-hybridized carbons (Fsp3) is 0.536. The summed E-state index contributed by atoms with van der Waals surface area (Å²) < 4.78 is 44.9. The number of anilines is 5. The fourth-order valence-corrected chi connectivity index (χ4v) is 11.2. The van der Waals surface area contributed by atoms with E-state index in [1.54, 1.807) is 51.5 Å². The van der Waals surface area contributed by atoms with Crippen LogP contribution in [0.1, 0.15) is 112 Å². The van der Waals surface area contributed by atoms with Crippen molar-refractivity contribution in [2.45, 2.75) is 103 Å². The number of aromatic nitrogens is 6. The number of nitrogens with one attached hydrogen (secondary N) is 1. The van der Waals surface area contributed by atoms with E-state index < -0.39 is 11.6 Å². The number of benzene rings is 2. The van der Waals surface area contributed by atoms with Gasteiger partial charge in [0.1, 0.15) is 34.2 Å². The van der Waals surface area contributed by atoms with E-state index in [1.807, 2.05) is 24.3 Å². The Morgan fingerprint density at radius 1 is 0.649 bits per heavy atom. The Labute approximate surface area is 456 Å². The average molecular weight is 1080 g/mol. The maximum absolute atomic E-state index is 15.5. The molecule has 2 aromatic carbocycles. The Kier molecular flexibility index (Phi) is 18.3. The van der Waals surface area contributed by atoms with Crippen molar-refractivity contribution in [3.8, 4) is 11.5 Å². The summed E-state index contributed by atoms with van der Waals surface area (Å²) in [7, 11) is 9.86. The first-order valence-corrected chi connectivity index (χ1v) is 27.4. The summed E-state index contributed by atoms with van der Waals surface area (Å²) in [5.74, 6) is 0.137. The van der Waals surface area contributed by atoms with Gasteiger partial charge in [-0.1, -0.05) is 25.7 Å². The fourth-order valence-electron chi connectivity index (χ4n) is 11.1. The van der Waals surface area contributed by atoms with E-state index in [-0.39, 0.29) is 51.3 Å². The van der Waals surface area contributed by atoms with E-state index in [4.69, 9.17) is 31.8 Å². The van der Waals surface area contributed by atoms with Crippen LogP contribution in [0.2, 0.25) is 5.28 Å². The Morgan fingerprint density at radius 3 is 1.52 bits per heavy atom. The summed E-state index contributed by atoms with van der Waals surface area (Å²) in [6.07, 6.45) is 10.7. The molecule has 4 fully saturated rings. The number of amides is 2. The van der Waals surface area contributed by atoms with Crippen molar-refractivity contribution in [3.05, 3.63) is 77.1 Å². The zero-order valence-electron chi connectivity index (χ0n) is 46.5. The molecule has 2 amide bonds. The number of methoxy groups -OCH3 is 2. The highest BCUT2D eigenvalue weighted by atomic mass is 35.5. The molecule has 4 aliphatic rings. The maximum atomic E-state index is 15.5. The summed E-state index contributed by atoms with van der Waals surface area (Å²) in [5, 5.41) is 3.83. The highest BCUT2D eigenvalue weighted by Crippen LogP contribution is 2.39. The molecular weight excluding hydrogens is 1010 g/mol. The third-order valence-corrected chi connectivity index (χ3v) is 15.5. The zero-order valence-corrected chi connectivity index (χ0v) is 47.2. The van der Waals surface area contributed by atoms with Crippen molar-refractivity contribution in [1.82, 2.24) is 48.7 Å².